The summed E-state index contributed by atoms with van der Waals surface area (Å²) < 4.78 is 0. The summed E-state index contributed by atoms with van der Waals surface area (Å²) in [5, 5.41) is 14.3. The molecule has 2 rings (SSSR count). The van der Waals surface area contributed by atoms with E-state index in [1.807, 2.05) is 12.1 Å². The van der Waals surface area contributed by atoms with Crippen LogP contribution >= 0.6 is 0 Å². The first-order valence-electron chi connectivity index (χ1n) is 7.83. The highest BCUT2D eigenvalue weighted by molar-refractivity contribution is 5.75. The van der Waals surface area contributed by atoms with Crippen molar-refractivity contribution in [3.05, 3.63) is 35.4 Å². The molecule has 0 saturated carbocycles. The minimum absolute atomic E-state index is 0.0187. The van der Waals surface area contributed by atoms with Crippen LogP contribution in [-0.2, 0) is 11.2 Å². The topological polar surface area (TPSA) is 78.4 Å². The van der Waals surface area contributed by atoms with Crippen molar-refractivity contribution in [2.45, 2.75) is 39.2 Å². The fourth-order valence-electron chi connectivity index (χ4n) is 3.16. The minimum atomic E-state index is -0.914. The van der Waals surface area contributed by atoms with E-state index in [1.54, 1.807) is 0 Å². The molecule has 3 N–H and O–H groups in total. The molecule has 0 saturated heterocycles. The van der Waals surface area contributed by atoms with Gasteiger partial charge in [0.25, 0.3) is 0 Å². The van der Waals surface area contributed by atoms with E-state index < -0.39 is 5.97 Å². The molecule has 2 atom stereocenters. The van der Waals surface area contributed by atoms with Crippen LogP contribution in [0.1, 0.15) is 43.9 Å². The van der Waals surface area contributed by atoms with Gasteiger partial charge in [-0.05, 0) is 35.8 Å². The van der Waals surface area contributed by atoms with Crippen LogP contribution < -0.4 is 10.6 Å². The van der Waals surface area contributed by atoms with Crippen LogP contribution in [-0.4, -0.2) is 23.7 Å². The van der Waals surface area contributed by atoms with Gasteiger partial charge in [-0.2, -0.15) is 0 Å². The van der Waals surface area contributed by atoms with Gasteiger partial charge in [-0.1, -0.05) is 38.1 Å². The van der Waals surface area contributed by atoms with Crippen LogP contribution in [0, 0.1) is 11.8 Å². The quantitative estimate of drug-likeness (QED) is 0.782. The van der Waals surface area contributed by atoms with Crippen LogP contribution in [0.3, 0.4) is 0 Å². The van der Waals surface area contributed by atoms with Crippen LogP contribution in [0.4, 0.5) is 4.79 Å². The number of hydrogen-bond donors (Lipinski definition) is 3. The number of rotatable bonds is 5. The van der Waals surface area contributed by atoms with Gasteiger partial charge in [-0.25, -0.2) is 4.79 Å². The smallest absolute Gasteiger partial charge is 0.315 e. The number of hydrogen-bond acceptors (Lipinski definition) is 2. The van der Waals surface area contributed by atoms with Crippen LogP contribution in [0.2, 0.25) is 0 Å². The summed E-state index contributed by atoms with van der Waals surface area (Å²) in [6, 6.07) is 7.90. The number of carboxylic acid groups (broad SMARTS) is 1. The molecule has 5 nitrogen and oxygen atoms in total. The molecule has 2 unspecified atom stereocenters. The molecular formula is C17H24N2O3. The molecule has 0 aromatic heterocycles. The van der Waals surface area contributed by atoms with Crippen LogP contribution in [0.25, 0.3) is 0 Å². The zero-order valence-electron chi connectivity index (χ0n) is 13.1. The molecule has 5 heteroatoms. The Morgan fingerprint density at radius 2 is 2.05 bits per heavy atom. The van der Waals surface area contributed by atoms with Gasteiger partial charge in [-0.15, -0.1) is 0 Å². The summed E-state index contributed by atoms with van der Waals surface area (Å²) in [6.07, 6.45) is 2.02. The maximum Gasteiger partial charge on any atom is 0.315 e. The van der Waals surface area contributed by atoms with Crippen LogP contribution in [0.15, 0.2) is 24.3 Å². The van der Waals surface area contributed by atoms with E-state index in [4.69, 9.17) is 5.11 Å². The highest BCUT2D eigenvalue weighted by atomic mass is 16.4. The van der Waals surface area contributed by atoms with Gasteiger partial charge in [-0.3, -0.25) is 4.79 Å². The zero-order chi connectivity index (χ0) is 16.1. The fourth-order valence-corrected chi connectivity index (χ4v) is 3.16. The van der Waals surface area contributed by atoms with Crippen molar-refractivity contribution in [3.8, 4) is 0 Å². The molecule has 0 bridgehead atoms. The number of fused-ring (bicyclic) bond motifs is 1. The van der Waals surface area contributed by atoms with Crippen molar-refractivity contribution < 1.29 is 14.7 Å². The van der Waals surface area contributed by atoms with Crippen molar-refractivity contribution in [2.24, 2.45) is 11.8 Å². The van der Waals surface area contributed by atoms with E-state index >= 15 is 0 Å². The molecule has 1 aliphatic carbocycles. The summed E-state index contributed by atoms with van der Waals surface area (Å²) in [5.41, 5.74) is 2.47. The van der Waals surface area contributed by atoms with Gasteiger partial charge < -0.3 is 15.7 Å². The third-order valence-corrected chi connectivity index (χ3v) is 4.33. The Morgan fingerprint density at radius 3 is 2.73 bits per heavy atom. The second-order valence-electron chi connectivity index (χ2n) is 6.17. The molecule has 0 heterocycles. The maximum absolute atomic E-state index is 12.1. The Hall–Kier alpha value is -2.04. The molecule has 0 spiro atoms. The number of aliphatic carboxylic acids is 1. The summed E-state index contributed by atoms with van der Waals surface area (Å²) in [5.74, 6) is -0.0545. The van der Waals surface area contributed by atoms with E-state index in [-0.39, 0.29) is 25.0 Å². The molecule has 22 heavy (non-hydrogen) atoms. The SMILES string of the molecule is CC(C)C1CCc2ccccc2C1NC(=O)NCCC(=O)O. The third kappa shape index (κ3) is 4.00. The molecule has 2 amide bonds. The van der Waals surface area contributed by atoms with Crippen molar-refractivity contribution in [1.82, 2.24) is 10.6 Å². The molecule has 1 aromatic carbocycles. The first kappa shape index (κ1) is 16.3. The number of aryl methyl sites for hydroxylation is 1. The Morgan fingerprint density at radius 1 is 1.32 bits per heavy atom. The van der Waals surface area contributed by atoms with Crippen molar-refractivity contribution >= 4 is 12.0 Å². The van der Waals surface area contributed by atoms with E-state index in [0.29, 0.717) is 11.8 Å². The first-order valence-corrected chi connectivity index (χ1v) is 7.83. The van der Waals surface area contributed by atoms with Gasteiger partial charge >= 0.3 is 12.0 Å². The normalized spacial score (nSPS) is 20.3. The lowest BCUT2D eigenvalue weighted by molar-refractivity contribution is -0.136. The molecule has 1 aromatic rings. The predicted molar refractivity (Wildman–Crippen MR) is 84.6 cm³/mol. The Bertz CT molecular complexity index is 542. The van der Waals surface area contributed by atoms with Gasteiger partial charge in [0.2, 0.25) is 0 Å². The largest absolute Gasteiger partial charge is 0.481 e. The van der Waals surface area contributed by atoms with Crippen molar-refractivity contribution in [3.63, 3.8) is 0 Å². The summed E-state index contributed by atoms with van der Waals surface area (Å²) in [6.45, 7) is 4.49. The van der Waals surface area contributed by atoms with Crippen molar-refractivity contribution in [2.75, 3.05) is 6.54 Å². The van der Waals surface area contributed by atoms with E-state index in [0.717, 1.165) is 12.8 Å². The first-order chi connectivity index (χ1) is 10.5. The highest BCUT2D eigenvalue weighted by Crippen LogP contribution is 2.38. The molecule has 0 aliphatic heterocycles. The standard InChI is InChI=1S/C17H24N2O3/c1-11(2)13-8-7-12-5-3-4-6-14(12)16(13)19-17(22)18-10-9-15(20)21/h3-6,11,13,16H,7-10H2,1-2H3,(H,20,21)(H2,18,19,22). The molecule has 120 valence electrons. The molecule has 1 aliphatic rings. The minimum Gasteiger partial charge on any atom is -0.481 e. The number of carbonyl (C=O) groups excluding carboxylic acids is 1. The average molecular weight is 304 g/mol. The third-order valence-electron chi connectivity index (χ3n) is 4.33. The predicted octanol–water partition coefficient (Wildman–Crippen LogP) is 2.72. The lowest BCUT2D eigenvalue weighted by atomic mass is 9.74. The van der Waals surface area contributed by atoms with Gasteiger partial charge in [0.15, 0.2) is 0 Å². The summed E-state index contributed by atoms with van der Waals surface area (Å²) in [4.78, 5) is 22.6. The molecule has 0 fully saturated rings. The number of urea groups is 1. The highest BCUT2D eigenvalue weighted by Gasteiger charge is 2.32. The average Bonchev–Trinajstić information content (AvgIpc) is 2.46. The zero-order valence-corrected chi connectivity index (χ0v) is 13.1. The lowest BCUT2D eigenvalue weighted by Crippen LogP contribution is -2.43. The Kier molecular flexibility index (Phi) is 5.41. The molecular weight excluding hydrogens is 280 g/mol. The lowest BCUT2D eigenvalue weighted by Gasteiger charge is -2.36. The summed E-state index contributed by atoms with van der Waals surface area (Å²) >= 11 is 0. The van der Waals surface area contributed by atoms with E-state index in [9.17, 15) is 9.59 Å². The second-order valence-corrected chi connectivity index (χ2v) is 6.17. The number of nitrogens with one attached hydrogen (secondary N) is 2. The second kappa shape index (κ2) is 7.29. The number of carbonyl (C=O) groups is 2. The van der Waals surface area contributed by atoms with Crippen molar-refractivity contribution in [1.29, 1.82) is 0 Å². The number of carboxylic acids is 1. The van der Waals surface area contributed by atoms with E-state index in [2.05, 4.69) is 36.6 Å². The Balaban J connectivity index is 2.07. The Labute approximate surface area is 131 Å². The monoisotopic (exact) mass is 304 g/mol. The van der Waals surface area contributed by atoms with E-state index in [1.165, 1.54) is 11.1 Å². The molecule has 0 radical (unpaired) electrons. The van der Waals surface area contributed by atoms with Crippen LogP contribution in [0.5, 0.6) is 0 Å². The van der Waals surface area contributed by atoms with Gasteiger partial charge in [0.1, 0.15) is 0 Å². The van der Waals surface area contributed by atoms with Gasteiger partial charge in [0.05, 0.1) is 12.5 Å². The fraction of sp³-hybridized carbons (Fsp3) is 0.529. The maximum atomic E-state index is 12.1. The van der Waals surface area contributed by atoms with Gasteiger partial charge in [0, 0.05) is 6.54 Å². The summed E-state index contributed by atoms with van der Waals surface area (Å²) in [7, 11) is 0. The number of amides is 2. The number of benzene rings is 1.